The third-order valence-electron chi connectivity index (χ3n) is 5.11. The number of rotatable bonds is 5. The van der Waals surface area contributed by atoms with E-state index in [1.165, 1.54) is 0 Å². The highest BCUT2D eigenvalue weighted by Crippen LogP contribution is 2.21. The van der Waals surface area contributed by atoms with Gasteiger partial charge in [-0.3, -0.25) is 14.3 Å². The van der Waals surface area contributed by atoms with Gasteiger partial charge >= 0.3 is 0 Å². The first-order valence-corrected chi connectivity index (χ1v) is 11.0. The number of likely N-dealkylation sites (tertiary alicyclic amines) is 1. The molecule has 0 aromatic heterocycles. The minimum atomic E-state index is -3.68. The van der Waals surface area contributed by atoms with Crippen molar-refractivity contribution in [2.24, 2.45) is 5.92 Å². The molecule has 1 aliphatic heterocycles. The highest BCUT2D eigenvalue weighted by atomic mass is 32.2. The van der Waals surface area contributed by atoms with Gasteiger partial charge in [-0.25, -0.2) is 8.42 Å². The van der Waals surface area contributed by atoms with Crippen molar-refractivity contribution in [3.8, 4) is 0 Å². The van der Waals surface area contributed by atoms with Crippen LogP contribution in [0.1, 0.15) is 28.8 Å². The Bertz CT molecular complexity index is 978. The summed E-state index contributed by atoms with van der Waals surface area (Å²) in [7, 11) is -2.06. The van der Waals surface area contributed by atoms with E-state index in [2.05, 4.69) is 10.0 Å². The second kappa shape index (κ2) is 8.65. The van der Waals surface area contributed by atoms with Crippen molar-refractivity contribution < 1.29 is 18.0 Å². The Balaban J connectivity index is 1.63. The molecule has 0 radical (unpaired) electrons. The maximum atomic E-state index is 12.7. The lowest BCUT2D eigenvalue weighted by Crippen LogP contribution is -2.42. The van der Waals surface area contributed by atoms with Crippen molar-refractivity contribution in [2.45, 2.75) is 24.7 Å². The van der Waals surface area contributed by atoms with Crippen LogP contribution in [0.4, 0.5) is 5.69 Å². The summed E-state index contributed by atoms with van der Waals surface area (Å²) in [5, 5.41) is 2.65. The van der Waals surface area contributed by atoms with Gasteiger partial charge in [-0.2, -0.15) is 0 Å². The number of carbonyl (C=O) groups is 2. The van der Waals surface area contributed by atoms with E-state index >= 15 is 0 Å². The Morgan fingerprint density at radius 3 is 2.10 bits per heavy atom. The third kappa shape index (κ3) is 4.95. The van der Waals surface area contributed by atoms with Gasteiger partial charge < -0.3 is 10.2 Å². The number of sulfonamides is 1. The fraction of sp³-hybridized carbons (Fsp3) is 0.333. The van der Waals surface area contributed by atoms with Crippen molar-refractivity contribution in [3.63, 3.8) is 0 Å². The zero-order valence-corrected chi connectivity index (χ0v) is 17.3. The lowest BCUT2D eigenvalue weighted by atomic mass is 9.95. The Morgan fingerprint density at radius 1 is 0.966 bits per heavy atom. The smallest absolute Gasteiger partial charge is 0.261 e. The van der Waals surface area contributed by atoms with Crippen LogP contribution in [-0.2, 0) is 14.8 Å². The van der Waals surface area contributed by atoms with Gasteiger partial charge in [0.25, 0.3) is 15.9 Å². The van der Waals surface area contributed by atoms with Gasteiger partial charge in [-0.15, -0.1) is 0 Å². The number of nitrogens with one attached hydrogen (secondary N) is 2. The average Bonchev–Trinajstić information content (AvgIpc) is 2.73. The number of aryl methyl sites for hydroxylation is 1. The van der Waals surface area contributed by atoms with Gasteiger partial charge in [0.15, 0.2) is 0 Å². The monoisotopic (exact) mass is 415 g/mol. The second-order valence-corrected chi connectivity index (χ2v) is 8.86. The number of carbonyl (C=O) groups excluding carboxylic acids is 2. The summed E-state index contributed by atoms with van der Waals surface area (Å²) in [6, 6.07) is 13.0. The van der Waals surface area contributed by atoms with Crippen LogP contribution in [0.25, 0.3) is 0 Å². The molecule has 0 atom stereocenters. The quantitative estimate of drug-likeness (QED) is 0.784. The lowest BCUT2D eigenvalue weighted by molar-refractivity contribution is -0.125. The average molecular weight is 416 g/mol. The molecule has 2 amide bonds. The largest absolute Gasteiger partial charge is 0.359 e. The molecule has 3 rings (SSSR count). The SMILES string of the molecule is CNC(=O)C1CCN(C(=O)c2ccc(NS(=O)(=O)c3ccc(C)cc3)cc2)CC1. The minimum Gasteiger partial charge on any atom is -0.359 e. The van der Waals surface area contributed by atoms with Crippen LogP contribution >= 0.6 is 0 Å². The molecule has 154 valence electrons. The van der Waals surface area contributed by atoms with E-state index in [1.807, 2.05) is 6.92 Å². The molecule has 1 aliphatic rings. The topological polar surface area (TPSA) is 95.6 Å². The summed E-state index contributed by atoms with van der Waals surface area (Å²) in [6.07, 6.45) is 1.28. The molecule has 29 heavy (non-hydrogen) atoms. The predicted molar refractivity (Wildman–Crippen MR) is 111 cm³/mol. The molecule has 1 saturated heterocycles. The first-order valence-electron chi connectivity index (χ1n) is 9.50. The predicted octanol–water partition coefficient (Wildman–Crippen LogP) is 2.39. The molecule has 1 heterocycles. The van der Waals surface area contributed by atoms with Gasteiger partial charge in [0.05, 0.1) is 4.90 Å². The number of hydrogen-bond acceptors (Lipinski definition) is 4. The summed E-state index contributed by atoms with van der Waals surface area (Å²) in [4.78, 5) is 26.3. The molecule has 0 aliphatic carbocycles. The van der Waals surface area contributed by atoms with E-state index in [0.29, 0.717) is 37.2 Å². The molecule has 0 spiro atoms. The number of hydrogen-bond donors (Lipinski definition) is 2. The van der Waals surface area contributed by atoms with E-state index in [4.69, 9.17) is 0 Å². The number of nitrogens with zero attached hydrogens (tertiary/aromatic N) is 1. The third-order valence-corrected chi connectivity index (χ3v) is 6.51. The number of amides is 2. The molecular weight excluding hydrogens is 390 g/mol. The summed E-state index contributed by atoms with van der Waals surface area (Å²) in [6.45, 7) is 2.94. The van der Waals surface area contributed by atoms with E-state index in [0.717, 1.165) is 5.56 Å². The Hall–Kier alpha value is -2.87. The van der Waals surface area contributed by atoms with Gasteiger partial charge in [-0.05, 0) is 56.2 Å². The van der Waals surface area contributed by atoms with Crippen LogP contribution in [0.3, 0.4) is 0 Å². The van der Waals surface area contributed by atoms with Gasteiger partial charge in [0, 0.05) is 37.3 Å². The molecule has 0 saturated carbocycles. The van der Waals surface area contributed by atoms with Crippen LogP contribution in [-0.4, -0.2) is 45.3 Å². The molecular formula is C21H25N3O4S. The van der Waals surface area contributed by atoms with Crippen molar-refractivity contribution in [2.75, 3.05) is 24.9 Å². The minimum absolute atomic E-state index is 0.0160. The lowest BCUT2D eigenvalue weighted by Gasteiger charge is -2.31. The molecule has 2 aromatic rings. The Morgan fingerprint density at radius 2 is 1.55 bits per heavy atom. The standard InChI is InChI=1S/C21H25N3O4S/c1-15-3-9-19(10-4-15)29(27,28)23-18-7-5-17(6-8-18)21(26)24-13-11-16(12-14-24)20(25)22-2/h3-10,16,23H,11-14H2,1-2H3,(H,22,25). The van der Waals surface area contributed by atoms with Crippen molar-refractivity contribution in [3.05, 3.63) is 59.7 Å². The number of benzene rings is 2. The van der Waals surface area contributed by atoms with E-state index in [1.54, 1.807) is 60.5 Å². The van der Waals surface area contributed by atoms with Crippen molar-refractivity contribution in [1.82, 2.24) is 10.2 Å². The molecule has 0 bridgehead atoms. The van der Waals surface area contributed by atoms with Crippen LogP contribution in [0.2, 0.25) is 0 Å². The Labute approximate surface area is 171 Å². The van der Waals surface area contributed by atoms with E-state index < -0.39 is 10.0 Å². The normalized spacial score (nSPS) is 15.0. The zero-order chi connectivity index (χ0) is 21.0. The van der Waals surface area contributed by atoms with Crippen LogP contribution in [0, 0.1) is 12.8 Å². The molecule has 2 N–H and O–H groups in total. The fourth-order valence-electron chi connectivity index (χ4n) is 3.34. The van der Waals surface area contributed by atoms with E-state index in [9.17, 15) is 18.0 Å². The summed E-state index contributed by atoms with van der Waals surface area (Å²) in [5.74, 6) is -0.154. The second-order valence-electron chi connectivity index (χ2n) is 7.18. The molecule has 1 fully saturated rings. The van der Waals surface area contributed by atoms with Crippen molar-refractivity contribution in [1.29, 1.82) is 0 Å². The fourth-order valence-corrected chi connectivity index (χ4v) is 4.40. The summed E-state index contributed by atoms with van der Waals surface area (Å²) in [5.41, 5.74) is 1.85. The van der Waals surface area contributed by atoms with Gasteiger partial charge in [0.1, 0.15) is 0 Å². The first kappa shape index (κ1) is 20.9. The summed E-state index contributed by atoms with van der Waals surface area (Å²) < 4.78 is 27.5. The van der Waals surface area contributed by atoms with Crippen LogP contribution < -0.4 is 10.0 Å². The molecule has 8 heteroatoms. The van der Waals surface area contributed by atoms with Crippen molar-refractivity contribution >= 4 is 27.5 Å². The highest BCUT2D eigenvalue weighted by molar-refractivity contribution is 7.92. The summed E-state index contributed by atoms with van der Waals surface area (Å²) >= 11 is 0. The molecule has 7 nitrogen and oxygen atoms in total. The van der Waals surface area contributed by atoms with E-state index in [-0.39, 0.29) is 22.6 Å². The molecule has 2 aromatic carbocycles. The maximum Gasteiger partial charge on any atom is 0.261 e. The number of piperidine rings is 1. The number of anilines is 1. The first-order chi connectivity index (χ1) is 13.8. The zero-order valence-electron chi connectivity index (χ0n) is 16.5. The maximum absolute atomic E-state index is 12.7. The van der Waals surface area contributed by atoms with Crippen LogP contribution in [0.15, 0.2) is 53.4 Å². The highest BCUT2D eigenvalue weighted by Gasteiger charge is 2.27. The van der Waals surface area contributed by atoms with Gasteiger partial charge in [-0.1, -0.05) is 17.7 Å². The molecule has 0 unspecified atom stereocenters. The Kier molecular flexibility index (Phi) is 6.22. The van der Waals surface area contributed by atoms with Crippen LogP contribution in [0.5, 0.6) is 0 Å². The van der Waals surface area contributed by atoms with Gasteiger partial charge in [0.2, 0.25) is 5.91 Å².